The van der Waals surface area contributed by atoms with Gasteiger partial charge in [-0.3, -0.25) is 4.79 Å². The lowest BCUT2D eigenvalue weighted by molar-refractivity contribution is 0.0957. The first-order valence-electron chi connectivity index (χ1n) is 5.97. The number of thioether (sulfide) groups is 1. The third kappa shape index (κ3) is 3.17. The lowest BCUT2D eigenvalue weighted by atomic mass is 10.1. The molecule has 4 nitrogen and oxygen atoms in total. The van der Waals surface area contributed by atoms with E-state index in [9.17, 15) is 4.79 Å². The van der Waals surface area contributed by atoms with Crippen LogP contribution in [0.5, 0.6) is 5.88 Å². The van der Waals surface area contributed by atoms with Crippen LogP contribution in [0.3, 0.4) is 0 Å². The van der Waals surface area contributed by atoms with Crippen molar-refractivity contribution in [2.24, 2.45) is 0 Å². The molecule has 0 radical (unpaired) electrons. The first-order chi connectivity index (χ1) is 9.26. The van der Waals surface area contributed by atoms with Crippen molar-refractivity contribution >= 4 is 28.6 Å². The van der Waals surface area contributed by atoms with Crippen LogP contribution in [0.4, 0.5) is 0 Å². The molecular weight excluding hydrogens is 260 g/mol. The molecule has 19 heavy (non-hydrogen) atoms. The molecular formula is C14H16N2O2S. The van der Waals surface area contributed by atoms with E-state index in [2.05, 4.69) is 10.3 Å². The topological polar surface area (TPSA) is 51.2 Å². The second-order valence-electron chi connectivity index (χ2n) is 3.98. The Morgan fingerprint density at radius 1 is 1.42 bits per heavy atom. The van der Waals surface area contributed by atoms with Gasteiger partial charge in [0.15, 0.2) is 0 Å². The molecule has 2 rings (SSSR count). The molecule has 1 aromatic heterocycles. The largest absolute Gasteiger partial charge is 0.481 e. The van der Waals surface area contributed by atoms with E-state index in [0.717, 1.165) is 16.7 Å². The van der Waals surface area contributed by atoms with Gasteiger partial charge >= 0.3 is 0 Å². The molecule has 0 aliphatic carbocycles. The Morgan fingerprint density at radius 2 is 2.21 bits per heavy atom. The van der Waals surface area contributed by atoms with Crippen molar-refractivity contribution in [1.29, 1.82) is 0 Å². The highest BCUT2D eigenvalue weighted by molar-refractivity contribution is 7.98. The number of aromatic nitrogens is 1. The Labute approximate surface area is 116 Å². The van der Waals surface area contributed by atoms with Gasteiger partial charge < -0.3 is 10.1 Å². The minimum absolute atomic E-state index is 0.0917. The Hall–Kier alpha value is -1.75. The van der Waals surface area contributed by atoms with Crippen molar-refractivity contribution in [1.82, 2.24) is 10.3 Å². The fraction of sp³-hybridized carbons (Fsp3) is 0.286. The van der Waals surface area contributed by atoms with E-state index in [4.69, 9.17) is 4.74 Å². The van der Waals surface area contributed by atoms with E-state index in [1.807, 2.05) is 30.5 Å². The highest BCUT2D eigenvalue weighted by Crippen LogP contribution is 2.21. The van der Waals surface area contributed by atoms with Crippen LogP contribution in [0.1, 0.15) is 10.4 Å². The van der Waals surface area contributed by atoms with E-state index in [0.29, 0.717) is 18.0 Å². The first-order valence-corrected chi connectivity index (χ1v) is 7.36. The predicted octanol–water partition coefficient (Wildman–Crippen LogP) is 2.34. The van der Waals surface area contributed by atoms with Crippen LogP contribution in [-0.4, -0.2) is 36.6 Å². The number of pyridine rings is 1. The average molecular weight is 276 g/mol. The van der Waals surface area contributed by atoms with Crippen LogP contribution >= 0.6 is 11.8 Å². The molecule has 100 valence electrons. The number of rotatable bonds is 5. The molecule has 1 heterocycles. The maximum atomic E-state index is 12.2. The van der Waals surface area contributed by atoms with Crippen LogP contribution in [-0.2, 0) is 0 Å². The molecule has 5 heteroatoms. The zero-order chi connectivity index (χ0) is 13.7. The van der Waals surface area contributed by atoms with Crippen molar-refractivity contribution in [2.45, 2.75) is 0 Å². The van der Waals surface area contributed by atoms with E-state index >= 15 is 0 Å². The SMILES string of the molecule is COc1cc(C(=O)NCCSC)c2ccccc2n1. The standard InChI is InChI=1S/C14H16N2O2S/c1-18-13-9-11(14(17)15-7-8-19-2)10-5-3-4-6-12(10)16-13/h3-6,9H,7-8H2,1-2H3,(H,15,17). The Morgan fingerprint density at radius 3 is 2.95 bits per heavy atom. The van der Waals surface area contributed by atoms with Gasteiger partial charge in [-0.2, -0.15) is 11.8 Å². The van der Waals surface area contributed by atoms with Crippen LogP contribution in [0.15, 0.2) is 30.3 Å². The van der Waals surface area contributed by atoms with E-state index in [-0.39, 0.29) is 5.91 Å². The summed E-state index contributed by atoms with van der Waals surface area (Å²) in [5.74, 6) is 1.26. The van der Waals surface area contributed by atoms with Crippen molar-refractivity contribution in [3.8, 4) is 5.88 Å². The normalized spacial score (nSPS) is 10.4. The number of nitrogens with zero attached hydrogens (tertiary/aromatic N) is 1. The minimum Gasteiger partial charge on any atom is -0.481 e. The smallest absolute Gasteiger partial charge is 0.252 e. The molecule has 2 aromatic rings. The highest BCUT2D eigenvalue weighted by atomic mass is 32.2. The number of hydrogen-bond acceptors (Lipinski definition) is 4. The summed E-state index contributed by atoms with van der Waals surface area (Å²) in [6.45, 7) is 0.652. The Bertz CT molecular complexity index is 587. The van der Waals surface area contributed by atoms with Gasteiger partial charge in [-0.05, 0) is 12.3 Å². The Kier molecular flexibility index (Phi) is 4.63. The van der Waals surface area contributed by atoms with Gasteiger partial charge in [0, 0.05) is 23.8 Å². The molecule has 0 atom stereocenters. The number of carbonyl (C=O) groups excluding carboxylic acids is 1. The van der Waals surface area contributed by atoms with Crippen LogP contribution in [0.25, 0.3) is 10.9 Å². The third-order valence-corrected chi connectivity index (χ3v) is 3.35. The van der Waals surface area contributed by atoms with E-state index in [1.165, 1.54) is 0 Å². The number of amides is 1. The summed E-state index contributed by atoms with van der Waals surface area (Å²) < 4.78 is 5.14. The molecule has 1 aromatic carbocycles. The second-order valence-corrected chi connectivity index (χ2v) is 4.96. The fourth-order valence-electron chi connectivity index (χ4n) is 1.81. The number of nitrogens with one attached hydrogen (secondary N) is 1. The van der Waals surface area contributed by atoms with Crippen LogP contribution in [0.2, 0.25) is 0 Å². The number of methoxy groups -OCH3 is 1. The predicted molar refractivity (Wildman–Crippen MR) is 79.0 cm³/mol. The summed E-state index contributed by atoms with van der Waals surface area (Å²) in [5.41, 5.74) is 1.36. The summed E-state index contributed by atoms with van der Waals surface area (Å²) in [7, 11) is 1.55. The summed E-state index contributed by atoms with van der Waals surface area (Å²) in [4.78, 5) is 16.5. The van der Waals surface area contributed by atoms with E-state index < -0.39 is 0 Å². The maximum absolute atomic E-state index is 12.2. The lowest BCUT2D eigenvalue weighted by Gasteiger charge is -2.09. The second kappa shape index (κ2) is 6.43. The molecule has 0 saturated carbocycles. The van der Waals surface area contributed by atoms with Crippen molar-refractivity contribution in [3.63, 3.8) is 0 Å². The molecule has 1 N–H and O–H groups in total. The lowest BCUT2D eigenvalue weighted by Crippen LogP contribution is -2.26. The first kappa shape index (κ1) is 13.7. The number of para-hydroxylation sites is 1. The van der Waals surface area contributed by atoms with Crippen molar-refractivity contribution < 1.29 is 9.53 Å². The summed E-state index contributed by atoms with van der Waals surface area (Å²) in [6, 6.07) is 9.23. The number of ether oxygens (including phenoxy) is 1. The monoisotopic (exact) mass is 276 g/mol. The quantitative estimate of drug-likeness (QED) is 0.852. The Balaban J connectivity index is 2.37. The molecule has 0 aliphatic rings. The molecule has 0 unspecified atom stereocenters. The molecule has 0 aliphatic heterocycles. The fourth-order valence-corrected chi connectivity index (χ4v) is 2.11. The number of carbonyl (C=O) groups is 1. The summed E-state index contributed by atoms with van der Waals surface area (Å²) in [5, 5.41) is 3.74. The van der Waals surface area contributed by atoms with Gasteiger partial charge in [0.05, 0.1) is 18.2 Å². The van der Waals surface area contributed by atoms with Gasteiger partial charge in [0.2, 0.25) is 5.88 Å². The van der Waals surface area contributed by atoms with Crippen molar-refractivity contribution in [3.05, 3.63) is 35.9 Å². The molecule has 0 bridgehead atoms. The van der Waals surface area contributed by atoms with Crippen LogP contribution < -0.4 is 10.1 Å². The minimum atomic E-state index is -0.0917. The van der Waals surface area contributed by atoms with Crippen molar-refractivity contribution in [2.75, 3.05) is 25.7 Å². The van der Waals surface area contributed by atoms with E-state index in [1.54, 1.807) is 24.9 Å². The molecule has 0 spiro atoms. The van der Waals surface area contributed by atoms with Gasteiger partial charge in [-0.1, -0.05) is 18.2 Å². The number of fused-ring (bicyclic) bond motifs is 1. The number of benzene rings is 1. The number of hydrogen-bond donors (Lipinski definition) is 1. The van der Waals surface area contributed by atoms with Crippen LogP contribution in [0, 0.1) is 0 Å². The molecule has 0 fully saturated rings. The third-order valence-electron chi connectivity index (χ3n) is 2.74. The van der Waals surface area contributed by atoms with Gasteiger partial charge in [-0.25, -0.2) is 4.98 Å². The molecule has 1 amide bonds. The zero-order valence-corrected chi connectivity index (χ0v) is 11.8. The maximum Gasteiger partial charge on any atom is 0.252 e. The van der Waals surface area contributed by atoms with Gasteiger partial charge in [0.1, 0.15) is 0 Å². The summed E-state index contributed by atoms with van der Waals surface area (Å²) in [6.07, 6.45) is 2.01. The van der Waals surface area contributed by atoms with Gasteiger partial charge in [-0.15, -0.1) is 0 Å². The van der Waals surface area contributed by atoms with Gasteiger partial charge in [0.25, 0.3) is 5.91 Å². The summed E-state index contributed by atoms with van der Waals surface area (Å²) >= 11 is 1.70. The zero-order valence-electron chi connectivity index (χ0n) is 11.0. The molecule has 0 saturated heterocycles. The highest BCUT2D eigenvalue weighted by Gasteiger charge is 2.12. The average Bonchev–Trinajstić information content (AvgIpc) is 2.46.